The Balaban J connectivity index is 0.00000400. The van der Waals surface area contributed by atoms with Gasteiger partial charge in [0.1, 0.15) is 0 Å². The van der Waals surface area contributed by atoms with Crippen LogP contribution in [0.4, 0.5) is 5.69 Å². The molecule has 21 heavy (non-hydrogen) atoms. The summed E-state index contributed by atoms with van der Waals surface area (Å²) < 4.78 is 0. The average Bonchev–Trinajstić information content (AvgIpc) is 2.42. The molecule has 1 rings (SSSR count). The Hall–Kier alpha value is -1.75. The molecule has 2 amide bonds. The standard InChI is InChI=1S/C15H23N3O2.ClH/c1-5-18(6-2)14(19)10-17(4)15(20)13-9-12(16)8-7-11(13)3;/h7-9H,5-6,10,16H2,1-4H3;1H. The van der Waals surface area contributed by atoms with E-state index in [1.807, 2.05) is 26.8 Å². The summed E-state index contributed by atoms with van der Waals surface area (Å²) >= 11 is 0. The summed E-state index contributed by atoms with van der Waals surface area (Å²) in [5.74, 6) is -0.234. The lowest BCUT2D eigenvalue weighted by Gasteiger charge is -2.23. The third kappa shape index (κ3) is 4.93. The van der Waals surface area contributed by atoms with Crippen LogP contribution in [0.25, 0.3) is 0 Å². The smallest absolute Gasteiger partial charge is 0.254 e. The summed E-state index contributed by atoms with van der Waals surface area (Å²) in [4.78, 5) is 27.5. The molecular weight excluding hydrogens is 290 g/mol. The molecule has 0 radical (unpaired) electrons. The molecule has 0 bridgehead atoms. The van der Waals surface area contributed by atoms with Crippen LogP contribution in [0.3, 0.4) is 0 Å². The van der Waals surface area contributed by atoms with Crippen LogP contribution in [0.1, 0.15) is 29.8 Å². The molecule has 118 valence electrons. The van der Waals surface area contributed by atoms with Gasteiger partial charge in [-0.2, -0.15) is 0 Å². The normalized spacial score (nSPS) is 9.71. The molecule has 0 aliphatic carbocycles. The fourth-order valence-electron chi connectivity index (χ4n) is 2.03. The van der Waals surface area contributed by atoms with Crippen molar-refractivity contribution in [3.63, 3.8) is 0 Å². The van der Waals surface area contributed by atoms with Crippen molar-refractivity contribution in [2.75, 3.05) is 32.4 Å². The molecule has 2 N–H and O–H groups in total. The number of benzene rings is 1. The maximum atomic E-state index is 12.4. The van der Waals surface area contributed by atoms with Crippen LogP contribution < -0.4 is 5.73 Å². The fourth-order valence-corrected chi connectivity index (χ4v) is 2.03. The Kier molecular flexibility index (Phi) is 7.81. The number of amides is 2. The third-order valence-electron chi connectivity index (χ3n) is 3.33. The number of nitrogens with zero attached hydrogens (tertiary/aromatic N) is 2. The third-order valence-corrected chi connectivity index (χ3v) is 3.33. The number of carbonyl (C=O) groups is 2. The number of rotatable bonds is 5. The van der Waals surface area contributed by atoms with E-state index in [0.717, 1.165) is 5.56 Å². The van der Waals surface area contributed by atoms with Crippen LogP contribution in [0, 0.1) is 6.92 Å². The molecule has 1 aromatic rings. The van der Waals surface area contributed by atoms with Gasteiger partial charge in [-0.15, -0.1) is 12.4 Å². The van der Waals surface area contributed by atoms with Crippen LogP contribution >= 0.6 is 12.4 Å². The first-order chi connectivity index (χ1) is 9.40. The van der Waals surface area contributed by atoms with Gasteiger partial charge in [0.15, 0.2) is 0 Å². The number of hydrogen-bond acceptors (Lipinski definition) is 3. The molecule has 0 heterocycles. The average molecular weight is 314 g/mol. The van der Waals surface area contributed by atoms with E-state index >= 15 is 0 Å². The quantitative estimate of drug-likeness (QED) is 0.845. The first kappa shape index (κ1) is 19.2. The van der Waals surface area contributed by atoms with Crippen LogP contribution in [0.2, 0.25) is 0 Å². The zero-order valence-electron chi connectivity index (χ0n) is 13.0. The number of likely N-dealkylation sites (N-methyl/N-ethyl adjacent to an activating group) is 2. The van der Waals surface area contributed by atoms with E-state index in [2.05, 4.69) is 0 Å². The van der Waals surface area contributed by atoms with E-state index in [0.29, 0.717) is 24.3 Å². The zero-order chi connectivity index (χ0) is 15.3. The first-order valence-corrected chi connectivity index (χ1v) is 6.80. The highest BCUT2D eigenvalue weighted by atomic mass is 35.5. The molecule has 0 aliphatic rings. The maximum Gasteiger partial charge on any atom is 0.254 e. The van der Waals surface area contributed by atoms with Crippen molar-refractivity contribution in [1.82, 2.24) is 9.80 Å². The topological polar surface area (TPSA) is 66.6 Å². The molecule has 0 saturated carbocycles. The lowest BCUT2D eigenvalue weighted by Crippen LogP contribution is -2.41. The van der Waals surface area contributed by atoms with Gasteiger partial charge in [0, 0.05) is 31.4 Å². The Morgan fingerprint density at radius 1 is 1.19 bits per heavy atom. The lowest BCUT2D eigenvalue weighted by molar-refractivity contribution is -0.131. The Morgan fingerprint density at radius 3 is 2.29 bits per heavy atom. The number of nitrogens with two attached hydrogens (primary N) is 1. The van der Waals surface area contributed by atoms with Gasteiger partial charge >= 0.3 is 0 Å². The van der Waals surface area contributed by atoms with Gasteiger partial charge in [-0.3, -0.25) is 9.59 Å². The molecule has 5 nitrogen and oxygen atoms in total. The van der Waals surface area contributed by atoms with E-state index in [1.54, 1.807) is 24.1 Å². The van der Waals surface area contributed by atoms with E-state index < -0.39 is 0 Å². The minimum absolute atomic E-state index is 0. The molecule has 6 heteroatoms. The fraction of sp³-hybridized carbons (Fsp3) is 0.467. The largest absolute Gasteiger partial charge is 0.399 e. The maximum absolute atomic E-state index is 12.4. The van der Waals surface area contributed by atoms with Crippen molar-refractivity contribution in [3.8, 4) is 0 Å². The Morgan fingerprint density at radius 2 is 1.76 bits per heavy atom. The summed E-state index contributed by atoms with van der Waals surface area (Å²) in [6.07, 6.45) is 0. The molecule has 0 fully saturated rings. The van der Waals surface area contributed by atoms with Gasteiger partial charge in [0.05, 0.1) is 6.54 Å². The van der Waals surface area contributed by atoms with Crippen molar-refractivity contribution >= 4 is 29.9 Å². The number of aryl methyl sites for hydroxylation is 1. The Bertz CT molecular complexity index is 502. The van der Waals surface area contributed by atoms with Gasteiger partial charge in [0.25, 0.3) is 5.91 Å². The van der Waals surface area contributed by atoms with Gasteiger partial charge in [-0.1, -0.05) is 6.07 Å². The highest BCUT2D eigenvalue weighted by molar-refractivity contribution is 5.98. The lowest BCUT2D eigenvalue weighted by atomic mass is 10.1. The van der Waals surface area contributed by atoms with Gasteiger partial charge in [-0.25, -0.2) is 0 Å². The summed E-state index contributed by atoms with van der Waals surface area (Å²) in [7, 11) is 1.63. The van der Waals surface area contributed by atoms with Gasteiger partial charge in [-0.05, 0) is 38.5 Å². The van der Waals surface area contributed by atoms with E-state index in [1.165, 1.54) is 4.90 Å². The van der Waals surface area contributed by atoms with Gasteiger partial charge < -0.3 is 15.5 Å². The van der Waals surface area contributed by atoms with E-state index in [4.69, 9.17) is 5.73 Å². The molecular formula is C15H24ClN3O2. The van der Waals surface area contributed by atoms with E-state index in [9.17, 15) is 9.59 Å². The molecule has 0 saturated heterocycles. The van der Waals surface area contributed by atoms with Crippen LogP contribution in [0.5, 0.6) is 0 Å². The van der Waals surface area contributed by atoms with Crippen molar-refractivity contribution in [2.45, 2.75) is 20.8 Å². The predicted octanol–water partition coefficient (Wildman–Crippen LogP) is 1.94. The monoisotopic (exact) mass is 313 g/mol. The Labute approximate surface area is 132 Å². The summed E-state index contributed by atoms with van der Waals surface area (Å²) in [5.41, 5.74) is 7.65. The second kappa shape index (κ2) is 8.52. The minimum atomic E-state index is -0.185. The summed E-state index contributed by atoms with van der Waals surface area (Å²) in [6.45, 7) is 7.07. The highest BCUT2D eigenvalue weighted by Gasteiger charge is 2.19. The highest BCUT2D eigenvalue weighted by Crippen LogP contribution is 2.14. The van der Waals surface area contributed by atoms with Crippen molar-refractivity contribution in [2.24, 2.45) is 0 Å². The molecule has 0 aliphatic heterocycles. The molecule has 0 aromatic heterocycles. The summed E-state index contributed by atoms with van der Waals surface area (Å²) in [5, 5.41) is 0. The van der Waals surface area contributed by atoms with Crippen LogP contribution in [-0.2, 0) is 4.79 Å². The van der Waals surface area contributed by atoms with Crippen molar-refractivity contribution in [1.29, 1.82) is 0 Å². The summed E-state index contributed by atoms with van der Waals surface area (Å²) in [6, 6.07) is 5.21. The number of nitrogen functional groups attached to an aromatic ring is 1. The number of hydrogen-bond donors (Lipinski definition) is 1. The van der Waals surface area contributed by atoms with E-state index in [-0.39, 0.29) is 30.8 Å². The predicted molar refractivity (Wildman–Crippen MR) is 87.7 cm³/mol. The van der Waals surface area contributed by atoms with Gasteiger partial charge in [0.2, 0.25) is 5.91 Å². The number of halogens is 1. The van der Waals surface area contributed by atoms with Crippen molar-refractivity contribution in [3.05, 3.63) is 29.3 Å². The SMILES string of the molecule is CCN(CC)C(=O)CN(C)C(=O)c1cc(N)ccc1C.Cl. The second-order valence-corrected chi connectivity index (χ2v) is 4.80. The number of anilines is 1. The first-order valence-electron chi connectivity index (χ1n) is 6.80. The van der Waals surface area contributed by atoms with Crippen LogP contribution in [-0.4, -0.2) is 48.3 Å². The zero-order valence-corrected chi connectivity index (χ0v) is 13.9. The molecule has 0 atom stereocenters. The van der Waals surface area contributed by atoms with Crippen LogP contribution in [0.15, 0.2) is 18.2 Å². The molecule has 0 unspecified atom stereocenters. The second-order valence-electron chi connectivity index (χ2n) is 4.80. The molecule has 0 spiro atoms. The minimum Gasteiger partial charge on any atom is -0.399 e. The van der Waals surface area contributed by atoms with Crippen molar-refractivity contribution < 1.29 is 9.59 Å². The number of carbonyl (C=O) groups excluding carboxylic acids is 2. The molecule has 1 aromatic carbocycles.